The summed E-state index contributed by atoms with van der Waals surface area (Å²) in [6.45, 7) is 5.86. The zero-order valence-corrected chi connectivity index (χ0v) is 18.7. The molecule has 0 bridgehead atoms. The second-order valence-corrected chi connectivity index (χ2v) is 7.90. The van der Waals surface area contributed by atoms with Crippen LogP contribution in [0.5, 0.6) is 11.5 Å². The molecule has 0 aliphatic carbocycles. The van der Waals surface area contributed by atoms with Gasteiger partial charge in [0.05, 0.1) is 6.61 Å². The van der Waals surface area contributed by atoms with E-state index in [2.05, 4.69) is 9.88 Å². The molecule has 0 saturated carbocycles. The first-order valence-electron chi connectivity index (χ1n) is 11.2. The number of benzene rings is 2. The third-order valence-electron chi connectivity index (χ3n) is 5.62. The fourth-order valence-corrected chi connectivity index (χ4v) is 3.83. The van der Waals surface area contributed by atoms with Gasteiger partial charge in [-0.25, -0.2) is 4.39 Å². The molecule has 7 heteroatoms. The van der Waals surface area contributed by atoms with Gasteiger partial charge >= 0.3 is 0 Å². The number of hydrogen-bond donors (Lipinski definition) is 0. The second-order valence-electron chi connectivity index (χ2n) is 7.90. The van der Waals surface area contributed by atoms with Crippen molar-refractivity contribution in [1.29, 1.82) is 0 Å². The van der Waals surface area contributed by atoms with Gasteiger partial charge in [-0.2, -0.15) is 0 Å². The fourth-order valence-electron chi connectivity index (χ4n) is 3.83. The molecule has 3 aromatic rings. The van der Waals surface area contributed by atoms with E-state index in [0.717, 1.165) is 5.56 Å². The van der Waals surface area contributed by atoms with E-state index in [1.807, 2.05) is 30.0 Å². The highest BCUT2D eigenvalue weighted by molar-refractivity contribution is 5.95. The van der Waals surface area contributed by atoms with Crippen LogP contribution in [0, 0.1) is 5.82 Å². The highest BCUT2D eigenvalue weighted by Crippen LogP contribution is 2.30. The van der Waals surface area contributed by atoms with E-state index < -0.39 is 0 Å². The largest absolute Gasteiger partial charge is 0.490 e. The molecule has 1 saturated heterocycles. The predicted octanol–water partition coefficient (Wildman–Crippen LogP) is 4.16. The van der Waals surface area contributed by atoms with E-state index in [1.54, 1.807) is 42.7 Å². The Hall–Kier alpha value is -3.45. The van der Waals surface area contributed by atoms with Gasteiger partial charge < -0.3 is 14.4 Å². The third kappa shape index (κ3) is 5.87. The maximum Gasteiger partial charge on any atom is 0.254 e. The van der Waals surface area contributed by atoms with Gasteiger partial charge in [-0.1, -0.05) is 24.3 Å². The quantitative estimate of drug-likeness (QED) is 0.517. The number of pyridine rings is 1. The smallest absolute Gasteiger partial charge is 0.254 e. The van der Waals surface area contributed by atoms with Gasteiger partial charge in [-0.15, -0.1) is 0 Å². The molecule has 1 aliphatic rings. The van der Waals surface area contributed by atoms with E-state index in [0.29, 0.717) is 68.6 Å². The number of amides is 1. The molecule has 33 heavy (non-hydrogen) atoms. The summed E-state index contributed by atoms with van der Waals surface area (Å²) in [6.07, 6.45) is 3.47. The van der Waals surface area contributed by atoms with Gasteiger partial charge in [0.1, 0.15) is 12.4 Å². The molecule has 172 valence electrons. The van der Waals surface area contributed by atoms with E-state index in [9.17, 15) is 9.18 Å². The van der Waals surface area contributed by atoms with Crippen LogP contribution in [0.1, 0.15) is 28.4 Å². The summed E-state index contributed by atoms with van der Waals surface area (Å²) >= 11 is 0. The molecule has 6 nitrogen and oxygen atoms in total. The Labute approximate surface area is 193 Å². The summed E-state index contributed by atoms with van der Waals surface area (Å²) in [4.78, 5) is 21.2. The first-order chi connectivity index (χ1) is 16.1. The Balaban J connectivity index is 1.37. The molecule has 0 radical (unpaired) electrons. The van der Waals surface area contributed by atoms with Crippen molar-refractivity contribution in [2.45, 2.75) is 20.1 Å². The minimum atomic E-state index is -0.190. The first kappa shape index (κ1) is 22.7. The molecule has 4 rings (SSSR count). The second kappa shape index (κ2) is 10.9. The molecule has 1 aliphatic heterocycles. The van der Waals surface area contributed by atoms with Crippen LogP contribution >= 0.6 is 0 Å². The van der Waals surface area contributed by atoms with Crippen LogP contribution in [0.3, 0.4) is 0 Å². The number of aromatic nitrogens is 1. The molecule has 0 N–H and O–H groups in total. The topological polar surface area (TPSA) is 54.9 Å². The van der Waals surface area contributed by atoms with Crippen LogP contribution in [0.4, 0.5) is 4.39 Å². The van der Waals surface area contributed by atoms with Crippen molar-refractivity contribution >= 4 is 5.91 Å². The Morgan fingerprint density at radius 3 is 2.55 bits per heavy atom. The van der Waals surface area contributed by atoms with E-state index in [4.69, 9.17) is 9.47 Å². The van der Waals surface area contributed by atoms with Crippen molar-refractivity contribution < 1.29 is 18.7 Å². The molecular weight excluding hydrogens is 421 g/mol. The molecular formula is C26H28FN3O3. The minimum absolute atomic E-state index is 0.0414. The van der Waals surface area contributed by atoms with Crippen LogP contribution in [-0.2, 0) is 13.2 Å². The normalized spacial score (nSPS) is 14.2. The van der Waals surface area contributed by atoms with Crippen LogP contribution in [0.25, 0.3) is 0 Å². The lowest BCUT2D eigenvalue weighted by molar-refractivity contribution is 0.0626. The van der Waals surface area contributed by atoms with Gasteiger partial charge in [-0.05, 0) is 37.3 Å². The van der Waals surface area contributed by atoms with Crippen LogP contribution in [0.15, 0.2) is 67.0 Å². The molecule has 1 aromatic heterocycles. The van der Waals surface area contributed by atoms with Gasteiger partial charge in [0, 0.05) is 61.8 Å². The Morgan fingerprint density at radius 1 is 1.00 bits per heavy atom. The van der Waals surface area contributed by atoms with Crippen LogP contribution < -0.4 is 9.47 Å². The average molecular weight is 450 g/mol. The molecule has 1 amide bonds. The van der Waals surface area contributed by atoms with E-state index in [-0.39, 0.29) is 11.7 Å². The van der Waals surface area contributed by atoms with Crippen molar-refractivity contribution in [3.05, 3.63) is 89.5 Å². The van der Waals surface area contributed by atoms with Crippen molar-refractivity contribution in [1.82, 2.24) is 14.8 Å². The number of ether oxygens (including phenoxy) is 2. The fraction of sp³-hybridized carbons (Fsp3) is 0.308. The predicted molar refractivity (Wildman–Crippen MR) is 124 cm³/mol. The Kier molecular flexibility index (Phi) is 7.52. The summed E-state index contributed by atoms with van der Waals surface area (Å²) in [5, 5.41) is 0. The lowest BCUT2D eigenvalue weighted by Gasteiger charge is -2.35. The van der Waals surface area contributed by atoms with Gasteiger partial charge in [-0.3, -0.25) is 14.7 Å². The molecule has 2 heterocycles. The van der Waals surface area contributed by atoms with Gasteiger partial charge in [0.25, 0.3) is 5.91 Å². The lowest BCUT2D eigenvalue weighted by atomic mass is 10.1. The minimum Gasteiger partial charge on any atom is -0.490 e. The summed E-state index contributed by atoms with van der Waals surface area (Å²) in [5.74, 6) is 0.906. The highest BCUT2D eigenvalue weighted by atomic mass is 19.1. The number of nitrogens with zero attached hydrogens (tertiary/aromatic N) is 3. The summed E-state index contributed by atoms with van der Waals surface area (Å²) < 4.78 is 25.6. The molecule has 0 atom stereocenters. The number of carbonyl (C=O) groups is 1. The molecule has 0 spiro atoms. The summed E-state index contributed by atoms with van der Waals surface area (Å²) in [5.41, 5.74) is 2.20. The Morgan fingerprint density at radius 2 is 1.82 bits per heavy atom. The van der Waals surface area contributed by atoms with Crippen molar-refractivity contribution in [3.8, 4) is 11.5 Å². The maximum atomic E-state index is 13.9. The van der Waals surface area contributed by atoms with E-state index >= 15 is 0 Å². The summed E-state index contributed by atoms with van der Waals surface area (Å²) in [7, 11) is 0. The number of piperazine rings is 1. The average Bonchev–Trinajstić information content (AvgIpc) is 2.85. The van der Waals surface area contributed by atoms with Gasteiger partial charge in [0.2, 0.25) is 0 Å². The SMILES string of the molecule is CCOc1cc(C(=O)N2CCN(Cc3ccccc3F)CC2)ccc1OCc1cccnc1. The van der Waals surface area contributed by atoms with Crippen molar-refractivity contribution in [2.75, 3.05) is 32.8 Å². The Bertz CT molecular complexity index is 1070. The zero-order chi connectivity index (χ0) is 23.0. The van der Waals surface area contributed by atoms with Crippen LogP contribution in [0.2, 0.25) is 0 Å². The van der Waals surface area contributed by atoms with E-state index in [1.165, 1.54) is 6.07 Å². The monoisotopic (exact) mass is 449 g/mol. The van der Waals surface area contributed by atoms with Crippen molar-refractivity contribution in [2.24, 2.45) is 0 Å². The number of halogens is 1. The maximum absolute atomic E-state index is 13.9. The first-order valence-corrected chi connectivity index (χ1v) is 11.2. The molecule has 0 unspecified atom stereocenters. The van der Waals surface area contributed by atoms with Gasteiger partial charge in [0.15, 0.2) is 11.5 Å². The molecule has 2 aromatic carbocycles. The highest BCUT2D eigenvalue weighted by Gasteiger charge is 2.23. The number of hydrogen-bond acceptors (Lipinski definition) is 5. The lowest BCUT2D eigenvalue weighted by Crippen LogP contribution is -2.48. The van der Waals surface area contributed by atoms with Crippen LogP contribution in [-0.4, -0.2) is 53.5 Å². The summed E-state index contributed by atoms with van der Waals surface area (Å²) in [6, 6.07) is 15.9. The number of carbonyl (C=O) groups excluding carboxylic acids is 1. The molecule has 1 fully saturated rings. The van der Waals surface area contributed by atoms with Crippen molar-refractivity contribution in [3.63, 3.8) is 0 Å². The third-order valence-corrected chi connectivity index (χ3v) is 5.62. The standard InChI is InChI=1S/C26H28FN3O3/c1-2-32-25-16-21(9-10-24(25)33-19-20-6-5-11-28-17-20)26(31)30-14-12-29(13-15-30)18-22-7-3-4-8-23(22)27/h3-11,16-17H,2,12-15,18-19H2,1H3. The number of rotatable bonds is 8. The zero-order valence-electron chi connectivity index (χ0n) is 18.7.